The fourth-order valence-corrected chi connectivity index (χ4v) is 10.7. The molecule has 362 valence electrons. The fraction of sp³-hybridized carbons (Fsp3) is 0.460. The summed E-state index contributed by atoms with van der Waals surface area (Å²) in [6.07, 6.45) is -11.7. The van der Waals surface area contributed by atoms with Gasteiger partial charge in [-0.15, -0.1) is 0 Å². The van der Waals surface area contributed by atoms with E-state index in [0.29, 0.717) is 5.56 Å². The second kappa shape index (κ2) is 19.3. The number of aliphatic hydroxyl groups excluding tert-OH is 1. The van der Waals surface area contributed by atoms with Crippen LogP contribution in [0.2, 0.25) is 0 Å². The molecule has 2 saturated carbocycles. The third-order valence-electron chi connectivity index (χ3n) is 14.1. The van der Waals surface area contributed by atoms with E-state index in [1.807, 2.05) is 0 Å². The van der Waals surface area contributed by atoms with Crippen LogP contribution in [0.4, 0.5) is 4.79 Å². The van der Waals surface area contributed by atoms with Crippen LogP contribution in [-0.4, -0.2) is 120 Å². The Bertz CT molecular complexity index is 2470. The molecule has 4 aliphatic rings. The quantitative estimate of drug-likeness (QED) is 0.0710. The average Bonchev–Trinajstić information content (AvgIpc) is 3.30. The van der Waals surface area contributed by atoms with Gasteiger partial charge in [0.1, 0.15) is 30.0 Å². The van der Waals surface area contributed by atoms with Crippen LogP contribution < -0.4 is 16.0 Å². The van der Waals surface area contributed by atoms with Gasteiger partial charge >= 0.3 is 30.0 Å². The van der Waals surface area contributed by atoms with E-state index in [9.17, 15) is 39.0 Å². The first-order chi connectivity index (χ1) is 32.2. The summed E-state index contributed by atoms with van der Waals surface area (Å²) in [6, 6.07) is 22.8. The predicted octanol–water partition coefficient (Wildman–Crippen LogP) is 3.65. The minimum atomic E-state index is -2.46. The number of aliphatic hydroxyl groups is 2. The van der Waals surface area contributed by atoms with Gasteiger partial charge < -0.3 is 54.6 Å². The van der Waals surface area contributed by atoms with Crippen LogP contribution in [-0.2, 0) is 47.6 Å². The van der Waals surface area contributed by atoms with Crippen molar-refractivity contribution in [3.05, 3.63) is 119 Å². The summed E-state index contributed by atoms with van der Waals surface area (Å²) in [6.45, 7) is 7.85. The van der Waals surface area contributed by atoms with Crippen LogP contribution in [0, 0.1) is 16.7 Å². The highest BCUT2D eigenvalue weighted by molar-refractivity contribution is 5.96. The van der Waals surface area contributed by atoms with Gasteiger partial charge in [0.2, 0.25) is 0 Å². The maximum Gasteiger partial charge on any atom is 0.408 e. The Morgan fingerprint density at radius 3 is 1.99 bits per heavy atom. The van der Waals surface area contributed by atoms with Crippen molar-refractivity contribution in [1.82, 2.24) is 16.0 Å². The van der Waals surface area contributed by atoms with Crippen LogP contribution in [0.5, 0.6) is 0 Å². The topological polar surface area (TPSA) is 251 Å². The third-order valence-corrected chi connectivity index (χ3v) is 14.1. The molecule has 5 N–H and O–H groups in total. The summed E-state index contributed by atoms with van der Waals surface area (Å²) in [5.74, 6) is -7.08. The van der Waals surface area contributed by atoms with Gasteiger partial charge in [-0.1, -0.05) is 80.6 Å². The monoisotopic (exact) mass is 939 g/mol. The van der Waals surface area contributed by atoms with Gasteiger partial charge in [-0.3, -0.25) is 19.2 Å². The van der Waals surface area contributed by atoms with Gasteiger partial charge in [-0.05, 0) is 61.9 Å². The summed E-state index contributed by atoms with van der Waals surface area (Å²) >= 11 is 0. The first-order valence-electron chi connectivity index (χ1n) is 22.3. The van der Waals surface area contributed by atoms with Gasteiger partial charge in [0.15, 0.2) is 23.6 Å². The Morgan fingerprint density at radius 2 is 1.43 bits per heavy atom. The zero-order chi connectivity index (χ0) is 49.3. The molecule has 0 spiro atoms. The Kier molecular flexibility index (Phi) is 14.0. The largest absolute Gasteiger partial charge is 0.456 e. The predicted molar refractivity (Wildman–Crippen MR) is 239 cm³/mol. The van der Waals surface area contributed by atoms with Gasteiger partial charge in [-0.2, -0.15) is 0 Å². The van der Waals surface area contributed by atoms with E-state index in [2.05, 4.69) is 16.0 Å². The second-order valence-electron chi connectivity index (χ2n) is 18.4. The molecule has 1 saturated heterocycles. The van der Waals surface area contributed by atoms with Crippen molar-refractivity contribution in [2.45, 2.75) is 108 Å². The number of nitrogens with one attached hydrogen (secondary N) is 3. The maximum absolute atomic E-state index is 16.0. The molecule has 68 heavy (non-hydrogen) atoms. The number of ether oxygens (including phenoxy) is 6. The zero-order valence-corrected chi connectivity index (χ0v) is 38.8. The number of esters is 4. The number of carbonyl (C=O) groups excluding carboxylic acids is 7. The van der Waals surface area contributed by atoms with Crippen molar-refractivity contribution >= 4 is 41.7 Å². The van der Waals surface area contributed by atoms with Crippen molar-refractivity contribution in [3.8, 4) is 0 Å². The Labute approximate surface area is 393 Å². The summed E-state index contributed by atoms with van der Waals surface area (Å²) in [5.41, 5.74) is -7.43. The summed E-state index contributed by atoms with van der Waals surface area (Å²) in [7, 11) is 1.58. The Morgan fingerprint density at radius 1 is 0.824 bits per heavy atom. The average molecular weight is 940 g/mol. The standard InChI is InChI=1S/C50H57N3O15/c1-27-33(65-45(60)38(56)37(30-17-11-8-12-18-30)53-43(58)31-19-13-9-14-20-31)24-50(62)42(67-44(59)32-21-15-10-16-22-32)40-48(6,41(57)39(64-28(2)54)36(27)47(50,4)5)34(66-46(61)52-26-51-7)23-35-49(40,25-63-35)68-29(3)55/h8-22,33-35,37-40,42,51,56,62H,23-26H2,1-7H3,(H,52,61)(H,53,58)/t33-,34-,35?,37-,38+,39+,40-,42-,48?,49-,50+/m0/s1. The minimum absolute atomic E-state index is 0.0370. The molecular formula is C50H57N3O15. The van der Waals surface area contributed by atoms with E-state index in [4.69, 9.17) is 28.4 Å². The smallest absolute Gasteiger partial charge is 0.408 e. The molecule has 7 rings (SSSR count). The Balaban J connectivity index is 1.42. The molecule has 1 aliphatic heterocycles. The molecule has 11 atom stereocenters. The number of hydrogen-bond acceptors (Lipinski definition) is 16. The van der Waals surface area contributed by atoms with Gasteiger partial charge in [0.05, 0.1) is 36.2 Å². The van der Waals surface area contributed by atoms with E-state index in [-0.39, 0.29) is 42.0 Å². The van der Waals surface area contributed by atoms with E-state index in [0.717, 1.165) is 13.8 Å². The molecule has 2 amide bonds. The number of fused-ring (bicyclic) bond motifs is 5. The highest BCUT2D eigenvalue weighted by Crippen LogP contribution is 2.65. The van der Waals surface area contributed by atoms with E-state index in [1.54, 1.807) is 99.8 Å². The molecular weight excluding hydrogens is 883 g/mol. The normalized spacial score (nSPS) is 29.9. The fourth-order valence-electron chi connectivity index (χ4n) is 10.7. The van der Waals surface area contributed by atoms with Crippen molar-refractivity contribution in [1.29, 1.82) is 0 Å². The SMILES string of the molecule is CNCNC(=O)O[C@H]1CC2OC[C@@]2(OC(C)=O)[C@H]2[C@H](OC(=O)c3ccccc3)[C@]3(O)C[C@H](OC(=O)[C@H](O)[C@@H](NC(=O)c4ccccc4)c4ccccc4)C(C)=C([C@@H](OC(C)=O)C(=O)C12C)C3(C)C. The van der Waals surface area contributed by atoms with Gasteiger partial charge in [0.25, 0.3) is 5.91 Å². The maximum atomic E-state index is 16.0. The van der Waals surface area contributed by atoms with Crippen LogP contribution in [0.25, 0.3) is 0 Å². The van der Waals surface area contributed by atoms with Crippen LogP contribution in [0.1, 0.15) is 86.7 Å². The molecule has 3 aromatic carbocycles. The van der Waals surface area contributed by atoms with Gasteiger partial charge in [0, 0.05) is 37.7 Å². The van der Waals surface area contributed by atoms with Gasteiger partial charge in [-0.25, -0.2) is 14.4 Å². The zero-order valence-electron chi connectivity index (χ0n) is 38.8. The van der Waals surface area contributed by atoms with Crippen LogP contribution in [0.3, 0.4) is 0 Å². The summed E-state index contributed by atoms with van der Waals surface area (Å²) in [5, 5.41) is 33.8. The molecule has 1 heterocycles. The van der Waals surface area contributed by atoms with E-state index in [1.165, 1.54) is 26.0 Å². The molecule has 2 unspecified atom stereocenters. The third kappa shape index (κ3) is 8.77. The first kappa shape index (κ1) is 49.4. The lowest BCUT2D eigenvalue weighted by Gasteiger charge is -2.67. The highest BCUT2D eigenvalue weighted by Gasteiger charge is 2.79. The number of carbonyl (C=O) groups is 7. The number of hydrogen-bond donors (Lipinski definition) is 5. The van der Waals surface area contributed by atoms with Crippen LogP contribution >= 0.6 is 0 Å². The molecule has 18 nitrogen and oxygen atoms in total. The number of ketones is 1. The van der Waals surface area contributed by atoms with Crippen molar-refractivity contribution in [3.63, 3.8) is 0 Å². The molecule has 2 bridgehead atoms. The lowest BCUT2D eigenvalue weighted by atomic mass is 9.44. The number of alkyl carbamates (subject to hydrolysis) is 1. The van der Waals surface area contributed by atoms with Crippen LogP contribution in [0.15, 0.2) is 102 Å². The number of amides is 2. The molecule has 0 radical (unpaired) electrons. The lowest BCUT2D eigenvalue weighted by Crippen LogP contribution is -2.82. The molecule has 18 heteroatoms. The molecule has 3 aliphatic carbocycles. The summed E-state index contributed by atoms with van der Waals surface area (Å²) in [4.78, 5) is 98.5. The number of rotatable bonds is 13. The van der Waals surface area contributed by atoms with E-state index < -0.39 is 119 Å². The summed E-state index contributed by atoms with van der Waals surface area (Å²) < 4.78 is 36.9. The van der Waals surface area contributed by atoms with Crippen molar-refractivity contribution in [2.75, 3.05) is 20.3 Å². The molecule has 3 fully saturated rings. The van der Waals surface area contributed by atoms with Crippen molar-refractivity contribution < 1.29 is 72.2 Å². The van der Waals surface area contributed by atoms with E-state index >= 15 is 4.79 Å². The molecule has 0 aromatic heterocycles. The van der Waals surface area contributed by atoms with Crippen molar-refractivity contribution in [2.24, 2.45) is 16.7 Å². The first-order valence-corrected chi connectivity index (χ1v) is 22.3. The lowest BCUT2D eigenvalue weighted by molar-refractivity contribution is -0.345. The Hall–Kier alpha value is -6.47. The minimum Gasteiger partial charge on any atom is -0.456 e. The highest BCUT2D eigenvalue weighted by atomic mass is 16.6. The molecule has 3 aromatic rings. The number of Topliss-reactive ketones (excluding diaryl/α,β-unsaturated/α-hetero) is 1. The second-order valence-corrected chi connectivity index (χ2v) is 18.4. The number of benzene rings is 3.